The number of aromatic nitrogens is 2. The normalized spacial score (nSPS) is 16.0. The Bertz CT molecular complexity index is 875. The van der Waals surface area contributed by atoms with Gasteiger partial charge in [-0.2, -0.15) is 4.31 Å². The summed E-state index contributed by atoms with van der Waals surface area (Å²) in [6, 6.07) is 6.29. The van der Waals surface area contributed by atoms with Crippen molar-refractivity contribution in [1.29, 1.82) is 0 Å². The number of thioether (sulfide) groups is 1. The zero-order valence-corrected chi connectivity index (χ0v) is 17.1. The Morgan fingerprint density at radius 2 is 1.81 bits per heavy atom. The average Bonchev–Trinajstić information content (AvgIpc) is 2.89. The summed E-state index contributed by atoms with van der Waals surface area (Å²) in [6.07, 6.45) is 3.92. The highest BCUT2D eigenvalue weighted by Crippen LogP contribution is 2.24. The second-order valence-electron chi connectivity index (χ2n) is 6.09. The maximum Gasteiger partial charge on any atom is 0.243 e. The number of amides is 1. The van der Waals surface area contributed by atoms with Crippen molar-refractivity contribution in [2.24, 2.45) is 0 Å². The molecule has 1 aromatic carbocycles. The lowest BCUT2D eigenvalue weighted by Crippen LogP contribution is -2.31. The van der Waals surface area contributed by atoms with Gasteiger partial charge in [0.1, 0.15) is 0 Å². The van der Waals surface area contributed by atoms with Crippen LogP contribution in [-0.2, 0) is 14.8 Å². The van der Waals surface area contributed by atoms with Gasteiger partial charge in [0.2, 0.25) is 21.1 Å². The molecular weight excluding hydrogens is 406 g/mol. The van der Waals surface area contributed by atoms with Crippen molar-refractivity contribution in [3.05, 3.63) is 24.3 Å². The van der Waals surface area contributed by atoms with Crippen molar-refractivity contribution in [1.82, 2.24) is 14.5 Å². The molecule has 3 rings (SSSR count). The topological polar surface area (TPSA) is 118 Å². The van der Waals surface area contributed by atoms with Crippen LogP contribution in [0, 0.1) is 0 Å². The fraction of sp³-hybridized carbons (Fsp3) is 0.438. The molecule has 1 amide bonds. The summed E-state index contributed by atoms with van der Waals surface area (Å²) in [5, 5.41) is 10.6. The number of anilines is 2. The highest BCUT2D eigenvalue weighted by molar-refractivity contribution is 8.01. The van der Waals surface area contributed by atoms with Crippen molar-refractivity contribution in [3.63, 3.8) is 0 Å². The van der Waals surface area contributed by atoms with E-state index in [1.807, 2.05) is 0 Å². The van der Waals surface area contributed by atoms with E-state index in [4.69, 9.17) is 5.73 Å². The van der Waals surface area contributed by atoms with E-state index in [1.165, 1.54) is 35.2 Å². The van der Waals surface area contributed by atoms with Crippen molar-refractivity contribution in [3.8, 4) is 0 Å². The number of nitrogens with zero attached hydrogens (tertiary/aromatic N) is 3. The van der Waals surface area contributed by atoms with E-state index in [1.54, 1.807) is 16.4 Å². The lowest BCUT2D eigenvalue weighted by Gasteiger charge is -2.20. The summed E-state index contributed by atoms with van der Waals surface area (Å²) in [5.41, 5.74) is 6.05. The molecule has 1 fully saturated rings. The van der Waals surface area contributed by atoms with Gasteiger partial charge in [-0.3, -0.25) is 4.79 Å². The highest BCUT2D eigenvalue weighted by atomic mass is 32.2. The minimum absolute atomic E-state index is 0.169. The molecule has 0 saturated carbocycles. The first kappa shape index (κ1) is 20.1. The first-order valence-electron chi connectivity index (χ1n) is 8.57. The highest BCUT2D eigenvalue weighted by Gasteiger charge is 2.24. The van der Waals surface area contributed by atoms with Gasteiger partial charge in [-0.15, -0.1) is 10.2 Å². The Labute approximate surface area is 166 Å². The molecule has 1 aliphatic heterocycles. The maximum atomic E-state index is 12.7. The van der Waals surface area contributed by atoms with Crippen LogP contribution in [0.3, 0.4) is 0 Å². The molecule has 1 aromatic heterocycles. The number of carbonyl (C=O) groups is 1. The molecule has 8 nitrogen and oxygen atoms in total. The summed E-state index contributed by atoms with van der Waals surface area (Å²) >= 11 is 2.47. The molecule has 2 aromatic rings. The van der Waals surface area contributed by atoms with E-state index in [0.29, 0.717) is 28.2 Å². The molecule has 3 N–H and O–H groups in total. The van der Waals surface area contributed by atoms with Crippen molar-refractivity contribution < 1.29 is 13.2 Å². The van der Waals surface area contributed by atoms with Crippen LogP contribution >= 0.6 is 23.1 Å². The first-order chi connectivity index (χ1) is 12.9. The second kappa shape index (κ2) is 9.00. The first-order valence-corrected chi connectivity index (χ1v) is 11.8. The van der Waals surface area contributed by atoms with Gasteiger partial charge in [-0.25, -0.2) is 8.42 Å². The predicted molar refractivity (Wildman–Crippen MR) is 107 cm³/mol. The van der Waals surface area contributed by atoms with Crippen LogP contribution < -0.4 is 11.1 Å². The molecule has 0 atom stereocenters. The van der Waals surface area contributed by atoms with Crippen molar-refractivity contribution in [2.75, 3.05) is 29.9 Å². The van der Waals surface area contributed by atoms with Crippen LogP contribution in [0.15, 0.2) is 33.5 Å². The fourth-order valence-electron chi connectivity index (χ4n) is 2.74. The third-order valence-corrected chi connectivity index (χ3v) is 7.89. The number of nitrogens with two attached hydrogens (primary N) is 1. The van der Waals surface area contributed by atoms with Gasteiger partial charge in [0.25, 0.3) is 0 Å². The number of carbonyl (C=O) groups excluding carboxylic acids is 1. The van der Waals surface area contributed by atoms with Crippen LogP contribution in [0.4, 0.5) is 10.8 Å². The standard InChI is InChI=1S/C16H21N5O3S3/c17-15-19-20-16(26-15)25-11-14(22)18-12-5-7-13(8-6-12)27(23,24)21-9-3-1-2-4-10-21/h5-8H,1-4,9-11H2,(H2,17,19)(H,18,22). The number of hydrogen-bond donors (Lipinski definition) is 2. The molecule has 146 valence electrons. The molecule has 1 aliphatic rings. The van der Waals surface area contributed by atoms with Crippen LogP contribution in [-0.4, -0.2) is 47.7 Å². The van der Waals surface area contributed by atoms with Gasteiger partial charge in [-0.05, 0) is 37.1 Å². The van der Waals surface area contributed by atoms with Crippen LogP contribution in [0.5, 0.6) is 0 Å². The van der Waals surface area contributed by atoms with Crippen LogP contribution in [0.1, 0.15) is 25.7 Å². The molecule has 2 heterocycles. The summed E-state index contributed by atoms with van der Waals surface area (Å²) in [6.45, 7) is 1.13. The van der Waals surface area contributed by atoms with E-state index in [0.717, 1.165) is 25.7 Å². The van der Waals surface area contributed by atoms with Gasteiger partial charge in [0.05, 0.1) is 10.6 Å². The van der Waals surface area contributed by atoms with E-state index in [9.17, 15) is 13.2 Å². The molecule has 0 aliphatic carbocycles. The Hall–Kier alpha value is -1.69. The summed E-state index contributed by atoms with van der Waals surface area (Å²) in [5.74, 6) is -0.0421. The van der Waals surface area contributed by atoms with Crippen molar-refractivity contribution >= 4 is 49.8 Å². The molecule has 0 spiro atoms. The van der Waals surface area contributed by atoms with E-state index in [-0.39, 0.29) is 16.6 Å². The number of nitrogens with one attached hydrogen (secondary N) is 1. The Morgan fingerprint density at radius 1 is 1.15 bits per heavy atom. The smallest absolute Gasteiger partial charge is 0.243 e. The van der Waals surface area contributed by atoms with Gasteiger partial charge < -0.3 is 11.1 Å². The quantitative estimate of drug-likeness (QED) is 0.680. The SMILES string of the molecule is Nc1nnc(SCC(=O)Nc2ccc(S(=O)(=O)N3CCCCCC3)cc2)s1. The van der Waals surface area contributed by atoms with Gasteiger partial charge in [0, 0.05) is 18.8 Å². The minimum Gasteiger partial charge on any atom is -0.374 e. The van der Waals surface area contributed by atoms with Gasteiger partial charge in [0.15, 0.2) is 4.34 Å². The molecular formula is C16H21N5O3S3. The fourth-order valence-corrected chi connectivity index (χ4v) is 5.70. The third-order valence-electron chi connectivity index (χ3n) is 4.09. The van der Waals surface area contributed by atoms with E-state index in [2.05, 4.69) is 15.5 Å². The maximum absolute atomic E-state index is 12.7. The molecule has 0 radical (unpaired) electrons. The van der Waals surface area contributed by atoms with E-state index < -0.39 is 10.0 Å². The second-order valence-corrected chi connectivity index (χ2v) is 10.3. The van der Waals surface area contributed by atoms with Crippen LogP contribution in [0.25, 0.3) is 0 Å². The molecule has 27 heavy (non-hydrogen) atoms. The Morgan fingerprint density at radius 3 is 2.41 bits per heavy atom. The lowest BCUT2D eigenvalue weighted by molar-refractivity contribution is -0.113. The Kier molecular flexibility index (Phi) is 6.68. The van der Waals surface area contributed by atoms with Crippen LogP contribution in [0.2, 0.25) is 0 Å². The lowest BCUT2D eigenvalue weighted by atomic mass is 10.2. The largest absolute Gasteiger partial charge is 0.374 e. The number of nitrogen functional groups attached to an aromatic ring is 1. The van der Waals surface area contributed by atoms with Crippen molar-refractivity contribution in [2.45, 2.75) is 34.9 Å². The summed E-state index contributed by atoms with van der Waals surface area (Å²) in [4.78, 5) is 12.3. The minimum atomic E-state index is -3.48. The average molecular weight is 428 g/mol. The van der Waals surface area contributed by atoms with Gasteiger partial charge >= 0.3 is 0 Å². The molecule has 1 saturated heterocycles. The third kappa shape index (κ3) is 5.41. The number of hydrogen-bond acceptors (Lipinski definition) is 8. The monoisotopic (exact) mass is 427 g/mol. The molecule has 0 bridgehead atoms. The van der Waals surface area contributed by atoms with E-state index >= 15 is 0 Å². The zero-order valence-electron chi connectivity index (χ0n) is 14.6. The number of benzene rings is 1. The zero-order chi connectivity index (χ0) is 19.3. The van der Waals surface area contributed by atoms with Gasteiger partial charge in [-0.1, -0.05) is 35.9 Å². The molecule has 0 unspecified atom stereocenters. The number of sulfonamides is 1. The number of rotatable bonds is 6. The summed E-state index contributed by atoms with van der Waals surface area (Å²) in [7, 11) is -3.48. The molecule has 11 heteroatoms. The Balaban J connectivity index is 1.58. The summed E-state index contributed by atoms with van der Waals surface area (Å²) < 4.78 is 27.7. The predicted octanol–water partition coefficient (Wildman–Crippen LogP) is 2.42.